The summed E-state index contributed by atoms with van der Waals surface area (Å²) in [5.41, 5.74) is 8.14. The van der Waals surface area contributed by atoms with Crippen LogP contribution in [0.3, 0.4) is 0 Å². The van der Waals surface area contributed by atoms with Gasteiger partial charge in [-0.3, -0.25) is 4.84 Å². The smallest absolute Gasteiger partial charge is 0.0812 e. The largest absolute Gasteiger partial charge is 0.330 e. The van der Waals surface area contributed by atoms with Crippen LogP contribution in [0.25, 0.3) is 0 Å². The summed E-state index contributed by atoms with van der Waals surface area (Å²) in [6.45, 7) is 7.69. The predicted octanol–water partition coefficient (Wildman–Crippen LogP) is 1.04. The fraction of sp³-hybridized carbons (Fsp3) is 1.00. The molecule has 3 N–H and O–H groups in total. The molecule has 0 radical (unpaired) electrons. The van der Waals surface area contributed by atoms with Crippen LogP contribution in [0.4, 0.5) is 0 Å². The van der Waals surface area contributed by atoms with Crippen molar-refractivity contribution in [2.75, 3.05) is 13.1 Å². The zero-order chi connectivity index (χ0) is 8.74. The summed E-state index contributed by atoms with van der Waals surface area (Å²) in [5, 5.41) is 0. The third-order valence-corrected chi connectivity index (χ3v) is 1.11. The molecule has 0 aromatic carbocycles. The van der Waals surface area contributed by atoms with Crippen molar-refractivity contribution in [3.05, 3.63) is 0 Å². The molecule has 0 unspecified atom stereocenters. The van der Waals surface area contributed by atoms with Crippen LogP contribution in [0.15, 0.2) is 0 Å². The molecule has 0 bridgehead atoms. The first-order valence-electron chi connectivity index (χ1n) is 4.17. The van der Waals surface area contributed by atoms with Gasteiger partial charge in [-0.1, -0.05) is 0 Å². The molecule has 3 heteroatoms. The van der Waals surface area contributed by atoms with Crippen molar-refractivity contribution in [2.45, 2.75) is 39.2 Å². The van der Waals surface area contributed by atoms with Gasteiger partial charge in [0, 0.05) is 6.54 Å². The third kappa shape index (κ3) is 9.88. The maximum atomic E-state index is 5.33. The van der Waals surface area contributed by atoms with E-state index in [0.29, 0.717) is 0 Å². The van der Waals surface area contributed by atoms with Gasteiger partial charge in [0.15, 0.2) is 0 Å². The van der Waals surface area contributed by atoms with Gasteiger partial charge < -0.3 is 5.73 Å². The van der Waals surface area contributed by atoms with Crippen molar-refractivity contribution in [2.24, 2.45) is 5.73 Å². The molecule has 3 nitrogen and oxygen atoms in total. The fourth-order valence-electron chi connectivity index (χ4n) is 0.609. The van der Waals surface area contributed by atoms with E-state index in [1.54, 1.807) is 0 Å². The number of hydroxylamine groups is 1. The molecule has 11 heavy (non-hydrogen) atoms. The van der Waals surface area contributed by atoms with Gasteiger partial charge in [-0.25, -0.2) is 5.48 Å². The SMILES string of the molecule is CC(C)(C)ONCCCCN. The first kappa shape index (κ1) is 10.9. The minimum Gasteiger partial charge on any atom is -0.330 e. The molecule has 0 spiro atoms. The highest BCUT2D eigenvalue weighted by Crippen LogP contribution is 2.03. The Labute approximate surface area is 69.3 Å². The van der Waals surface area contributed by atoms with Crippen LogP contribution in [0.5, 0.6) is 0 Å². The minimum absolute atomic E-state index is 0.0945. The van der Waals surface area contributed by atoms with E-state index in [4.69, 9.17) is 10.6 Å². The van der Waals surface area contributed by atoms with Crippen LogP contribution in [0, 0.1) is 0 Å². The van der Waals surface area contributed by atoms with E-state index < -0.39 is 0 Å². The lowest BCUT2D eigenvalue weighted by atomic mass is 10.2. The lowest BCUT2D eigenvalue weighted by Gasteiger charge is -2.19. The Morgan fingerprint density at radius 1 is 1.27 bits per heavy atom. The lowest BCUT2D eigenvalue weighted by molar-refractivity contribution is -0.0725. The van der Waals surface area contributed by atoms with Gasteiger partial charge in [0.1, 0.15) is 0 Å². The van der Waals surface area contributed by atoms with Gasteiger partial charge in [-0.2, -0.15) is 0 Å². The van der Waals surface area contributed by atoms with E-state index in [1.165, 1.54) is 0 Å². The van der Waals surface area contributed by atoms with Gasteiger partial charge in [0.05, 0.1) is 5.60 Å². The van der Waals surface area contributed by atoms with E-state index >= 15 is 0 Å². The molecule has 68 valence electrons. The molecule has 0 atom stereocenters. The van der Waals surface area contributed by atoms with Crippen LogP contribution in [0.1, 0.15) is 33.6 Å². The van der Waals surface area contributed by atoms with Crippen LogP contribution >= 0.6 is 0 Å². The highest BCUT2D eigenvalue weighted by Gasteiger charge is 2.08. The number of unbranched alkanes of at least 4 members (excludes halogenated alkanes) is 1. The maximum Gasteiger partial charge on any atom is 0.0812 e. The molecule has 0 aliphatic rings. The first-order valence-corrected chi connectivity index (χ1v) is 4.17. The van der Waals surface area contributed by atoms with Crippen molar-refractivity contribution < 1.29 is 4.84 Å². The van der Waals surface area contributed by atoms with Crippen LogP contribution in [-0.4, -0.2) is 18.7 Å². The molecule has 0 saturated carbocycles. The molecule has 0 aliphatic heterocycles. The Morgan fingerprint density at radius 3 is 2.36 bits per heavy atom. The Hall–Kier alpha value is -0.120. The van der Waals surface area contributed by atoms with Crippen molar-refractivity contribution >= 4 is 0 Å². The predicted molar refractivity (Wildman–Crippen MR) is 47.1 cm³/mol. The second-order valence-electron chi connectivity index (χ2n) is 3.60. The zero-order valence-electron chi connectivity index (χ0n) is 7.81. The molecule has 0 heterocycles. The molecule has 0 saturated heterocycles. The van der Waals surface area contributed by atoms with E-state index in [2.05, 4.69) is 5.48 Å². The van der Waals surface area contributed by atoms with Crippen LogP contribution in [-0.2, 0) is 4.84 Å². The first-order chi connectivity index (χ1) is 5.06. The summed E-state index contributed by atoms with van der Waals surface area (Å²) >= 11 is 0. The van der Waals surface area contributed by atoms with E-state index in [0.717, 1.165) is 25.9 Å². The number of hydrogen-bond acceptors (Lipinski definition) is 3. The summed E-state index contributed by atoms with van der Waals surface area (Å²) in [6.07, 6.45) is 2.13. The number of nitrogens with one attached hydrogen (secondary N) is 1. The van der Waals surface area contributed by atoms with Gasteiger partial charge >= 0.3 is 0 Å². The van der Waals surface area contributed by atoms with Crippen molar-refractivity contribution in [1.82, 2.24) is 5.48 Å². The molecule has 0 fully saturated rings. The lowest BCUT2D eigenvalue weighted by Crippen LogP contribution is -2.29. The van der Waals surface area contributed by atoms with E-state index in [9.17, 15) is 0 Å². The number of rotatable bonds is 5. The van der Waals surface area contributed by atoms with Crippen molar-refractivity contribution in [3.8, 4) is 0 Å². The highest BCUT2D eigenvalue weighted by molar-refractivity contribution is 4.56. The van der Waals surface area contributed by atoms with Gasteiger partial charge in [-0.05, 0) is 40.2 Å². The average Bonchev–Trinajstić information content (AvgIpc) is 1.85. The van der Waals surface area contributed by atoms with E-state index in [-0.39, 0.29) is 5.60 Å². The standard InChI is InChI=1S/C8H20N2O/c1-8(2,3)11-10-7-5-4-6-9/h10H,4-7,9H2,1-3H3. The Morgan fingerprint density at radius 2 is 1.91 bits per heavy atom. The molecule has 0 aliphatic carbocycles. The van der Waals surface area contributed by atoms with Crippen molar-refractivity contribution in [3.63, 3.8) is 0 Å². The van der Waals surface area contributed by atoms with Crippen LogP contribution in [0.2, 0.25) is 0 Å². The topological polar surface area (TPSA) is 47.3 Å². The minimum atomic E-state index is -0.0945. The Kier molecular flexibility index (Phi) is 5.46. The highest BCUT2D eigenvalue weighted by atomic mass is 16.7. The molecular formula is C8H20N2O. The maximum absolute atomic E-state index is 5.33. The van der Waals surface area contributed by atoms with Gasteiger partial charge in [0.25, 0.3) is 0 Å². The zero-order valence-corrected chi connectivity index (χ0v) is 7.81. The Balaban J connectivity index is 3.02. The summed E-state index contributed by atoms with van der Waals surface area (Å²) in [4.78, 5) is 5.29. The third-order valence-electron chi connectivity index (χ3n) is 1.11. The molecule has 0 aromatic rings. The molecule has 0 aromatic heterocycles. The molecule has 0 rings (SSSR count). The normalized spacial score (nSPS) is 12.0. The average molecular weight is 160 g/mol. The fourth-order valence-corrected chi connectivity index (χ4v) is 0.609. The van der Waals surface area contributed by atoms with Gasteiger partial charge in [0.2, 0.25) is 0 Å². The summed E-state index contributed by atoms with van der Waals surface area (Å²) in [6, 6.07) is 0. The monoisotopic (exact) mass is 160 g/mol. The molecule has 0 amide bonds. The van der Waals surface area contributed by atoms with Crippen molar-refractivity contribution in [1.29, 1.82) is 0 Å². The quantitative estimate of drug-likeness (QED) is 0.467. The number of nitrogens with two attached hydrogens (primary N) is 1. The number of hydrogen-bond donors (Lipinski definition) is 2. The molecular weight excluding hydrogens is 140 g/mol. The van der Waals surface area contributed by atoms with Gasteiger partial charge in [-0.15, -0.1) is 0 Å². The second-order valence-corrected chi connectivity index (χ2v) is 3.60. The second kappa shape index (κ2) is 5.52. The van der Waals surface area contributed by atoms with Crippen LogP contribution < -0.4 is 11.2 Å². The Bertz CT molecular complexity index is 88.6. The van der Waals surface area contributed by atoms with E-state index in [1.807, 2.05) is 20.8 Å². The summed E-state index contributed by atoms with van der Waals surface area (Å²) in [5.74, 6) is 0. The summed E-state index contributed by atoms with van der Waals surface area (Å²) < 4.78 is 0. The summed E-state index contributed by atoms with van der Waals surface area (Å²) in [7, 11) is 0.